The predicted molar refractivity (Wildman–Crippen MR) is 162 cm³/mol. The molecule has 7 nitrogen and oxygen atoms in total. The van der Waals surface area contributed by atoms with Gasteiger partial charge in [0.2, 0.25) is 9.70 Å². The van der Waals surface area contributed by atoms with E-state index in [9.17, 15) is 9.59 Å². The van der Waals surface area contributed by atoms with Crippen molar-refractivity contribution in [1.82, 2.24) is 20.0 Å². The molecule has 3 aromatic carbocycles. The van der Waals surface area contributed by atoms with Crippen LogP contribution < -0.4 is 21.5 Å². The molecule has 0 radical (unpaired) electrons. The van der Waals surface area contributed by atoms with Crippen LogP contribution in [0, 0.1) is 6.92 Å². The summed E-state index contributed by atoms with van der Waals surface area (Å²) in [6.45, 7) is 1.78. The first-order valence-electron chi connectivity index (χ1n) is 12.0. The van der Waals surface area contributed by atoms with E-state index in [2.05, 4.69) is 16.0 Å². The van der Waals surface area contributed by atoms with E-state index < -0.39 is 21.8 Å². The standard InChI is InChI=1S/C28H26Cl3N5O2S/c1-18-23(25(38)36(35(18)2)21-16-10-5-11-17-21)32-27(39)34-26(28(29,30)31)33-24(37)22(19-12-6-3-7-13-19)20-14-8-4-9-15-20/h3-17,22,26H,1-2H3,(H,33,37)(H2,32,34,39)/t26-/m0/s1. The fourth-order valence-electron chi connectivity index (χ4n) is 4.20. The Kier molecular flexibility index (Phi) is 9.02. The van der Waals surface area contributed by atoms with Crippen LogP contribution in [-0.2, 0) is 11.8 Å². The summed E-state index contributed by atoms with van der Waals surface area (Å²) in [5.41, 5.74) is 2.81. The highest BCUT2D eigenvalue weighted by Crippen LogP contribution is 2.31. The molecule has 11 heteroatoms. The van der Waals surface area contributed by atoms with Gasteiger partial charge in [-0.2, -0.15) is 0 Å². The summed E-state index contributed by atoms with van der Waals surface area (Å²) in [4.78, 5) is 26.9. The Bertz CT molecular complexity index is 1460. The Balaban J connectivity index is 1.57. The number of nitrogens with zero attached hydrogens (tertiary/aromatic N) is 2. The average molecular weight is 603 g/mol. The summed E-state index contributed by atoms with van der Waals surface area (Å²) in [5.74, 6) is -1.07. The zero-order valence-electron chi connectivity index (χ0n) is 21.1. The normalized spacial score (nSPS) is 12.2. The first-order valence-corrected chi connectivity index (χ1v) is 13.5. The van der Waals surface area contributed by atoms with Crippen molar-refractivity contribution in [3.63, 3.8) is 0 Å². The van der Waals surface area contributed by atoms with Crippen molar-refractivity contribution in [2.24, 2.45) is 7.05 Å². The lowest BCUT2D eigenvalue weighted by atomic mass is 9.90. The molecule has 1 atom stereocenters. The summed E-state index contributed by atoms with van der Waals surface area (Å²) in [6, 6.07) is 27.8. The van der Waals surface area contributed by atoms with Crippen molar-refractivity contribution >= 4 is 63.7 Å². The fraction of sp³-hybridized carbons (Fsp3) is 0.179. The van der Waals surface area contributed by atoms with Crippen LogP contribution in [0.2, 0.25) is 0 Å². The number of nitrogens with one attached hydrogen (secondary N) is 3. The van der Waals surface area contributed by atoms with Crippen molar-refractivity contribution in [2.45, 2.75) is 22.8 Å². The number of carbonyl (C=O) groups excluding carboxylic acids is 1. The van der Waals surface area contributed by atoms with Crippen LogP contribution in [-0.4, -0.2) is 30.3 Å². The zero-order chi connectivity index (χ0) is 28.2. The fourth-order valence-corrected chi connectivity index (χ4v) is 4.75. The number of amides is 1. The highest BCUT2D eigenvalue weighted by molar-refractivity contribution is 7.80. The highest BCUT2D eigenvalue weighted by Gasteiger charge is 2.37. The van der Waals surface area contributed by atoms with E-state index in [-0.39, 0.29) is 16.4 Å². The number of hydrogen-bond donors (Lipinski definition) is 3. The Hall–Kier alpha value is -3.30. The Morgan fingerprint density at radius 2 is 1.33 bits per heavy atom. The number of aromatic nitrogens is 2. The van der Waals surface area contributed by atoms with Gasteiger partial charge in [-0.25, -0.2) is 4.68 Å². The summed E-state index contributed by atoms with van der Waals surface area (Å²) in [7, 11) is 1.77. The molecule has 4 rings (SSSR count). The quantitative estimate of drug-likeness (QED) is 0.150. The average Bonchev–Trinajstić information content (AvgIpc) is 3.12. The van der Waals surface area contributed by atoms with Gasteiger partial charge in [-0.1, -0.05) is 114 Å². The third-order valence-corrected chi connectivity index (χ3v) is 7.08. The minimum absolute atomic E-state index is 0.00592. The van der Waals surface area contributed by atoms with Gasteiger partial charge in [-0.15, -0.1) is 0 Å². The number of anilines is 1. The van der Waals surface area contributed by atoms with Gasteiger partial charge < -0.3 is 16.0 Å². The smallest absolute Gasteiger partial charge is 0.295 e. The van der Waals surface area contributed by atoms with E-state index in [1.807, 2.05) is 91.0 Å². The second-order valence-corrected chi connectivity index (χ2v) is 11.5. The van der Waals surface area contributed by atoms with E-state index in [0.29, 0.717) is 11.4 Å². The van der Waals surface area contributed by atoms with Crippen LogP contribution in [0.3, 0.4) is 0 Å². The zero-order valence-corrected chi connectivity index (χ0v) is 24.2. The molecule has 0 unspecified atom stereocenters. The summed E-state index contributed by atoms with van der Waals surface area (Å²) < 4.78 is 1.25. The molecule has 0 saturated carbocycles. The van der Waals surface area contributed by atoms with Gasteiger partial charge in [0.05, 0.1) is 17.3 Å². The first kappa shape index (κ1) is 28.7. The van der Waals surface area contributed by atoms with Gasteiger partial charge in [0.1, 0.15) is 11.9 Å². The Morgan fingerprint density at radius 3 is 1.82 bits per heavy atom. The molecule has 39 heavy (non-hydrogen) atoms. The van der Waals surface area contributed by atoms with E-state index in [4.69, 9.17) is 47.0 Å². The van der Waals surface area contributed by atoms with Gasteiger partial charge in [-0.05, 0) is 42.4 Å². The van der Waals surface area contributed by atoms with Crippen LogP contribution in [0.4, 0.5) is 5.69 Å². The minimum atomic E-state index is -1.98. The minimum Gasteiger partial charge on any atom is -0.339 e. The van der Waals surface area contributed by atoms with E-state index in [1.165, 1.54) is 4.68 Å². The highest BCUT2D eigenvalue weighted by atomic mass is 35.6. The lowest BCUT2D eigenvalue weighted by Crippen LogP contribution is -2.57. The molecule has 0 saturated heterocycles. The molecule has 1 heterocycles. The van der Waals surface area contributed by atoms with E-state index >= 15 is 0 Å². The van der Waals surface area contributed by atoms with Gasteiger partial charge in [-0.3, -0.25) is 14.3 Å². The lowest BCUT2D eigenvalue weighted by Gasteiger charge is -2.29. The lowest BCUT2D eigenvalue weighted by molar-refractivity contribution is -0.122. The number of benzene rings is 3. The molecule has 0 aliphatic carbocycles. The number of para-hydroxylation sites is 1. The van der Waals surface area contributed by atoms with Crippen molar-refractivity contribution in [3.05, 3.63) is 118 Å². The topological polar surface area (TPSA) is 80.1 Å². The monoisotopic (exact) mass is 601 g/mol. The number of alkyl halides is 3. The van der Waals surface area contributed by atoms with Crippen molar-refractivity contribution in [2.75, 3.05) is 5.32 Å². The van der Waals surface area contributed by atoms with Crippen molar-refractivity contribution in [1.29, 1.82) is 0 Å². The molecular weight excluding hydrogens is 577 g/mol. The van der Waals surface area contributed by atoms with E-state index in [1.54, 1.807) is 18.7 Å². The van der Waals surface area contributed by atoms with Gasteiger partial charge in [0, 0.05) is 7.05 Å². The Labute approximate surface area is 246 Å². The number of halogens is 3. The first-order chi connectivity index (χ1) is 18.6. The van der Waals surface area contributed by atoms with Gasteiger partial charge >= 0.3 is 0 Å². The molecular formula is C28H26Cl3N5O2S. The summed E-state index contributed by atoms with van der Waals surface area (Å²) >= 11 is 24.2. The molecule has 0 aliphatic heterocycles. The largest absolute Gasteiger partial charge is 0.339 e. The number of carbonyl (C=O) groups is 1. The SMILES string of the molecule is Cc1c(NC(=S)N[C@H](NC(=O)C(c2ccccc2)c2ccccc2)C(Cl)(Cl)Cl)c(=O)n(-c2ccccc2)n1C. The van der Waals surface area contributed by atoms with Crippen molar-refractivity contribution < 1.29 is 4.79 Å². The number of hydrogen-bond acceptors (Lipinski definition) is 3. The summed E-state index contributed by atoms with van der Waals surface area (Å²) in [6.07, 6.45) is -1.22. The maximum atomic E-state index is 13.6. The summed E-state index contributed by atoms with van der Waals surface area (Å²) in [5, 5.41) is 8.54. The molecule has 1 amide bonds. The number of rotatable bonds is 7. The maximum absolute atomic E-state index is 13.6. The van der Waals surface area contributed by atoms with Gasteiger partial charge in [0.25, 0.3) is 5.56 Å². The molecule has 4 aromatic rings. The van der Waals surface area contributed by atoms with Crippen molar-refractivity contribution in [3.8, 4) is 5.69 Å². The van der Waals surface area contributed by atoms with Crippen LogP contribution in [0.5, 0.6) is 0 Å². The van der Waals surface area contributed by atoms with Crippen LogP contribution >= 0.6 is 47.0 Å². The third kappa shape index (κ3) is 6.65. The molecule has 1 aromatic heterocycles. The predicted octanol–water partition coefficient (Wildman–Crippen LogP) is 5.42. The molecule has 0 aliphatic rings. The van der Waals surface area contributed by atoms with Crippen LogP contribution in [0.15, 0.2) is 95.8 Å². The van der Waals surface area contributed by atoms with E-state index in [0.717, 1.165) is 11.1 Å². The second kappa shape index (κ2) is 12.3. The number of thiocarbonyl (C=S) groups is 1. The third-order valence-electron chi connectivity index (χ3n) is 6.21. The Morgan fingerprint density at radius 1 is 0.846 bits per heavy atom. The van der Waals surface area contributed by atoms with Crippen LogP contribution in [0.25, 0.3) is 5.69 Å². The second-order valence-electron chi connectivity index (χ2n) is 8.77. The molecule has 3 N–H and O–H groups in total. The van der Waals surface area contributed by atoms with Crippen LogP contribution in [0.1, 0.15) is 22.7 Å². The molecule has 202 valence electrons. The molecule has 0 bridgehead atoms. The molecule has 0 fully saturated rings. The maximum Gasteiger partial charge on any atom is 0.295 e. The van der Waals surface area contributed by atoms with Gasteiger partial charge in [0.15, 0.2) is 5.11 Å². The molecule has 0 spiro atoms.